The van der Waals surface area contributed by atoms with Crippen LogP contribution in [-0.4, -0.2) is 34.0 Å². The molecule has 0 aliphatic heterocycles. The number of aromatic nitrogens is 3. The second-order valence-corrected chi connectivity index (χ2v) is 4.73. The first-order valence-corrected chi connectivity index (χ1v) is 6.30. The van der Waals surface area contributed by atoms with Crippen molar-refractivity contribution in [3.05, 3.63) is 12.2 Å². The fourth-order valence-corrected chi connectivity index (χ4v) is 1.54. The Morgan fingerprint density at radius 2 is 2.12 bits per heavy atom. The van der Waals surface area contributed by atoms with Crippen molar-refractivity contribution in [3.8, 4) is 0 Å². The van der Waals surface area contributed by atoms with Crippen molar-refractivity contribution in [1.82, 2.24) is 20.1 Å². The Morgan fingerprint density at radius 3 is 2.76 bits per heavy atom. The standard InChI is InChI=1S/C12H24N4O/c1-10(2)13-6-5-7-17-8-12-14-9-15-16(12)11(3)4/h9-11,13H,5-8H2,1-4H3. The van der Waals surface area contributed by atoms with Crippen LogP contribution in [0.25, 0.3) is 0 Å². The van der Waals surface area contributed by atoms with Crippen molar-refractivity contribution >= 4 is 0 Å². The van der Waals surface area contributed by atoms with Crippen LogP contribution < -0.4 is 5.32 Å². The van der Waals surface area contributed by atoms with E-state index in [4.69, 9.17) is 4.74 Å². The van der Waals surface area contributed by atoms with Crippen molar-refractivity contribution in [1.29, 1.82) is 0 Å². The van der Waals surface area contributed by atoms with Crippen LogP contribution in [0.3, 0.4) is 0 Å². The summed E-state index contributed by atoms with van der Waals surface area (Å²) < 4.78 is 7.48. The van der Waals surface area contributed by atoms with Gasteiger partial charge < -0.3 is 10.1 Å². The molecule has 0 aliphatic carbocycles. The Morgan fingerprint density at radius 1 is 1.35 bits per heavy atom. The molecule has 0 spiro atoms. The minimum absolute atomic E-state index is 0.332. The molecule has 5 nitrogen and oxygen atoms in total. The van der Waals surface area contributed by atoms with E-state index < -0.39 is 0 Å². The second-order valence-electron chi connectivity index (χ2n) is 4.73. The quantitative estimate of drug-likeness (QED) is 0.704. The molecule has 1 aromatic heterocycles. The molecule has 1 rings (SSSR count). The molecule has 0 saturated heterocycles. The van der Waals surface area contributed by atoms with Gasteiger partial charge in [-0.3, -0.25) is 0 Å². The maximum Gasteiger partial charge on any atom is 0.153 e. The van der Waals surface area contributed by atoms with Gasteiger partial charge in [-0.15, -0.1) is 0 Å². The summed E-state index contributed by atoms with van der Waals surface area (Å²) in [5, 5.41) is 7.52. The van der Waals surface area contributed by atoms with Crippen molar-refractivity contribution in [3.63, 3.8) is 0 Å². The van der Waals surface area contributed by atoms with Crippen molar-refractivity contribution < 1.29 is 4.74 Å². The van der Waals surface area contributed by atoms with Gasteiger partial charge in [-0.1, -0.05) is 13.8 Å². The minimum Gasteiger partial charge on any atom is -0.373 e. The van der Waals surface area contributed by atoms with E-state index in [0.29, 0.717) is 18.7 Å². The summed E-state index contributed by atoms with van der Waals surface area (Å²) >= 11 is 0. The lowest BCUT2D eigenvalue weighted by Gasteiger charge is -2.10. The molecule has 0 fully saturated rings. The lowest BCUT2D eigenvalue weighted by molar-refractivity contribution is 0.108. The predicted molar refractivity (Wildman–Crippen MR) is 67.8 cm³/mol. The average Bonchev–Trinajstić information content (AvgIpc) is 2.71. The molecule has 0 bridgehead atoms. The van der Waals surface area contributed by atoms with Gasteiger partial charge in [0.2, 0.25) is 0 Å². The molecule has 0 amide bonds. The highest BCUT2D eigenvalue weighted by Gasteiger charge is 2.06. The zero-order valence-corrected chi connectivity index (χ0v) is 11.3. The summed E-state index contributed by atoms with van der Waals surface area (Å²) in [6.45, 7) is 10.8. The van der Waals surface area contributed by atoms with Gasteiger partial charge in [0.1, 0.15) is 12.9 Å². The number of nitrogens with one attached hydrogen (secondary N) is 1. The molecule has 0 saturated carbocycles. The SMILES string of the molecule is CC(C)NCCCOCc1ncnn1C(C)C. The fourth-order valence-electron chi connectivity index (χ4n) is 1.54. The first kappa shape index (κ1) is 14.1. The third kappa shape index (κ3) is 5.28. The largest absolute Gasteiger partial charge is 0.373 e. The summed E-state index contributed by atoms with van der Waals surface area (Å²) in [5.74, 6) is 0.900. The zero-order chi connectivity index (χ0) is 12.7. The van der Waals surface area contributed by atoms with Gasteiger partial charge in [-0.2, -0.15) is 5.10 Å². The highest BCUT2D eigenvalue weighted by Crippen LogP contribution is 2.06. The topological polar surface area (TPSA) is 52.0 Å². The van der Waals surface area contributed by atoms with Gasteiger partial charge in [-0.25, -0.2) is 9.67 Å². The molecule has 17 heavy (non-hydrogen) atoms. The maximum atomic E-state index is 5.59. The Balaban J connectivity index is 2.16. The van der Waals surface area contributed by atoms with Crippen LogP contribution in [0.1, 0.15) is 46.0 Å². The van der Waals surface area contributed by atoms with E-state index in [1.165, 1.54) is 0 Å². The van der Waals surface area contributed by atoms with Crippen LogP contribution in [0, 0.1) is 0 Å². The number of hydrogen-bond acceptors (Lipinski definition) is 4. The van der Waals surface area contributed by atoms with Gasteiger partial charge >= 0.3 is 0 Å². The average molecular weight is 240 g/mol. The highest BCUT2D eigenvalue weighted by molar-refractivity contribution is 4.83. The molecule has 1 heterocycles. The Hall–Kier alpha value is -0.940. The second kappa shape index (κ2) is 7.40. The van der Waals surface area contributed by atoms with E-state index in [0.717, 1.165) is 25.4 Å². The lowest BCUT2D eigenvalue weighted by Crippen LogP contribution is -2.24. The minimum atomic E-state index is 0.332. The summed E-state index contributed by atoms with van der Waals surface area (Å²) in [5.41, 5.74) is 0. The van der Waals surface area contributed by atoms with E-state index in [2.05, 4.69) is 43.1 Å². The molecule has 0 radical (unpaired) electrons. The molecular formula is C12H24N4O. The van der Waals surface area contributed by atoms with Crippen molar-refractivity contribution in [2.45, 2.75) is 52.8 Å². The first-order valence-electron chi connectivity index (χ1n) is 6.30. The van der Waals surface area contributed by atoms with Gasteiger partial charge in [0, 0.05) is 18.7 Å². The van der Waals surface area contributed by atoms with Gasteiger partial charge in [0.05, 0.1) is 0 Å². The number of rotatable bonds is 8. The number of ether oxygens (including phenoxy) is 1. The van der Waals surface area contributed by atoms with Gasteiger partial charge in [0.25, 0.3) is 0 Å². The maximum absolute atomic E-state index is 5.59. The molecule has 1 N–H and O–H groups in total. The summed E-state index contributed by atoms with van der Waals surface area (Å²) in [7, 11) is 0. The fraction of sp³-hybridized carbons (Fsp3) is 0.833. The molecule has 1 aromatic rings. The number of nitrogens with zero attached hydrogens (tertiary/aromatic N) is 3. The predicted octanol–water partition coefficient (Wildman–Crippen LogP) is 1.76. The summed E-state index contributed by atoms with van der Waals surface area (Å²) in [4.78, 5) is 4.19. The molecule has 0 atom stereocenters. The van der Waals surface area contributed by atoms with E-state index in [-0.39, 0.29) is 0 Å². The summed E-state index contributed by atoms with van der Waals surface area (Å²) in [6, 6.07) is 0.873. The van der Waals surface area contributed by atoms with E-state index in [1.54, 1.807) is 6.33 Å². The van der Waals surface area contributed by atoms with Crippen LogP contribution in [0.15, 0.2) is 6.33 Å². The van der Waals surface area contributed by atoms with Crippen LogP contribution in [0.5, 0.6) is 0 Å². The molecule has 0 aliphatic rings. The van der Waals surface area contributed by atoms with Crippen LogP contribution in [0.2, 0.25) is 0 Å². The van der Waals surface area contributed by atoms with Crippen molar-refractivity contribution in [2.75, 3.05) is 13.2 Å². The Bertz CT molecular complexity index is 309. The van der Waals surface area contributed by atoms with Crippen LogP contribution >= 0.6 is 0 Å². The first-order chi connectivity index (χ1) is 8.11. The Labute approximate surface area is 104 Å². The molecule has 0 aromatic carbocycles. The normalized spacial score (nSPS) is 11.6. The van der Waals surface area contributed by atoms with E-state index >= 15 is 0 Å². The van der Waals surface area contributed by atoms with Crippen molar-refractivity contribution in [2.24, 2.45) is 0 Å². The van der Waals surface area contributed by atoms with E-state index in [1.807, 2.05) is 4.68 Å². The van der Waals surface area contributed by atoms with Gasteiger partial charge in [0.15, 0.2) is 5.82 Å². The van der Waals surface area contributed by atoms with Crippen LogP contribution in [0.4, 0.5) is 0 Å². The molecule has 98 valence electrons. The monoisotopic (exact) mass is 240 g/mol. The van der Waals surface area contributed by atoms with E-state index in [9.17, 15) is 0 Å². The van der Waals surface area contributed by atoms with Gasteiger partial charge in [-0.05, 0) is 26.8 Å². The number of hydrogen-bond donors (Lipinski definition) is 1. The summed E-state index contributed by atoms with van der Waals surface area (Å²) in [6.07, 6.45) is 2.60. The zero-order valence-electron chi connectivity index (χ0n) is 11.3. The molecule has 0 unspecified atom stereocenters. The molecular weight excluding hydrogens is 216 g/mol. The third-order valence-electron chi connectivity index (χ3n) is 2.39. The highest BCUT2D eigenvalue weighted by atomic mass is 16.5. The lowest BCUT2D eigenvalue weighted by atomic mass is 10.3. The van der Waals surface area contributed by atoms with Crippen LogP contribution in [-0.2, 0) is 11.3 Å². The smallest absolute Gasteiger partial charge is 0.153 e. The molecule has 5 heteroatoms. The Kier molecular flexibility index (Phi) is 6.15. The third-order valence-corrected chi connectivity index (χ3v) is 2.39.